The molecule has 0 aliphatic rings. The average molecular weight is 354 g/mol. The van der Waals surface area contributed by atoms with E-state index in [1.54, 1.807) is 0 Å². The molecule has 0 saturated carbocycles. The van der Waals surface area contributed by atoms with Crippen LogP contribution in [0.1, 0.15) is 38.9 Å². The van der Waals surface area contributed by atoms with E-state index in [2.05, 4.69) is 21.9 Å². The van der Waals surface area contributed by atoms with Gasteiger partial charge < -0.3 is 20.5 Å². The van der Waals surface area contributed by atoms with Crippen molar-refractivity contribution in [2.75, 3.05) is 31.6 Å². The molecule has 0 aliphatic carbocycles. The summed E-state index contributed by atoms with van der Waals surface area (Å²) in [5, 5.41) is 16.8. The highest BCUT2D eigenvalue weighted by atomic mass is 32.2. The standard InChI is InChI=1S/C18H31N3O2S/c1-5-19-18(20-11-6-12-24-4)21-13-17(22)15-7-9-16(10-8-15)23-14(2)3/h7-10,14,17,22H,5-6,11-13H2,1-4H3,(H2,19,20,21). The molecule has 0 spiro atoms. The van der Waals surface area contributed by atoms with Crippen LogP contribution < -0.4 is 15.4 Å². The molecule has 1 aromatic rings. The van der Waals surface area contributed by atoms with Gasteiger partial charge in [0, 0.05) is 13.1 Å². The number of ether oxygens (including phenoxy) is 1. The zero-order valence-corrected chi connectivity index (χ0v) is 16.0. The predicted molar refractivity (Wildman–Crippen MR) is 104 cm³/mol. The number of hydrogen-bond donors (Lipinski definition) is 3. The maximum absolute atomic E-state index is 10.3. The molecule has 0 radical (unpaired) electrons. The van der Waals surface area contributed by atoms with Gasteiger partial charge >= 0.3 is 0 Å². The summed E-state index contributed by atoms with van der Waals surface area (Å²) in [5.74, 6) is 2.69. The van der Waals surface area contributed by atoms with E-state index in [1.807, 2.05) is 56.8 Å². The van der Waals surface area contributed by atoms with E-state index in [0.717, 1.165) is 42.5 Å². The fourth-order valence-electron chi connectivity index (χ4n) is 2.09. The van der Waals surface area contributed by atoms with Crippen molar-refractivity contribution in [1.82, 2.24) is 10.6 Å². The number of benzene rings is 1. The summed E-state index contributed by atoms with van der Waals surface area (Å²) in [6, 6.07) is 7.54. The van der Waals surface area contributed by atoms with Crippen molar-refractivity contribution in [3.05, 3.63) is 29.8 Å². The van der Waals surface area contributed by atoms with Crippen molar-refractivity contribution in [3.63, 3.8) is 0 Å². The first-order valence-electron chi connectivity index (χ1n) is 8.52. The topological polar surface area (TPSA) is 65.9 Å². The van der Waals surface area contributed by atoms with E-state index in [4.69, 9.17) is 4.74 Å². The molecule has 1 aromatic carbocycles. The van der Waals surface area contributed by atoms with Crippen LogP contribution in [0.2, 0.25) is 0 Å². The SMILES string of the molecule is CCNC(=NCC(O)c1ccc(OC(C)C)cc1)NCCCSC. The van der Waals surface area contributed by atoms with Gasteiger partial charge in [-0.05, 0) is 56.9 Å². The number of aliphatic hydroxyl groups is 1. The van der Waals surface area contributed by atoms with Gasteiger partial charge in [0.15, 0.2) is 5.96 Å². The van der Waals surface area contributed by atoms with Gasteiger partial charge in [-0.25, -0.2) is 0 Å². The molecule has 0 bridgehead atoms. The van der Waals surface area contributed by atoms with Crippen LogP contribution in [0.15, 0.2) is 29.3 Å². The smallest absolute Gasteiger partial charge is 0.191 e. The van der Waals surface area contributed by atoms with Crippen molar-refractivity contribution in [3.8, 4) is 5.75 Å². The molecular formula is C18H31N3O2S. The number of aliphatic imine (C=N–C) groups is 1. The number of nitrogens with zero attached hydrogens (tertiary/aromatic N) is 1. The molecule has 0 aromatic heterocycles. The Morgan fingerprint density at radius 1 is 1.25 bits per heavy atom. The zero-order chi connectivity index (χ0) is 17.8. The summed E-state index contributed by atoms with van der Waals surface area (Å²) in [4.78, 5) is 4.46. The Morgan fingerprint density at radius 2 is 1.96 bits per heavy atom. The summed E-state index contributed by atoms with van der Waals surface area (Å²) in [5.41, 5.74) is 0.841. The van der Waals surface area contributed by atoms with Gasteiger partial charge in [0.25, 0.3) is 0 Å². The molecule has 3 N–H and O–H groups in total. The third-order valence-corrected chi connectivity index (χ3v) is 3.92. The Balaban J connectivity index is 2.54. The molecule has 1 atom stereocenters. The van der Waals surface area contributed by atoms with Gasteiger partial charge in [-0.1, -0.05) is 12.1 Å². The first kappa shape index (κ1) is 20.6. The van der Waals surface area contributed by atoms with E-state index in [9.17, 15) is 5.11 Å². The van der Waals surface area contributed by atoms with Gasteiger partial charge in [-0.15, -0.1) is 0 Å². The Bertz CT molecular complexity index is 478. The second-order valence-corrected chi connectivity index (χ2v) is 6.73. The van der Waals surface area contributed by atoms with Crippen LogP contribution in [0, 0.1) is 0 Å². The second kappa shape index (κ2) is 12.0. The zero-order valence-electron chi connectivity index (χ0n) is 15.2. The molecule has 6 heteroatoms. The average Bonchev–Trinajstić information content (AvgIpc) is 2.56. The van der Waals surface area contributed by atoms with Crippen LogP contribution in [-0.2, 0) is 0 Å². The monoisotopic (exact) mass is 353 g/mol. The minimum Gasteiger partial charge on any atom is -0.491 e. The van der Waals surface area contributed by atoms with Crippen molar-refractivity contribution in [2.45, 2.75) is 39.4 Å². The van der Waals surface area contributed by atoms with E-state index in [1.165, 1.54) is 0 Å². The highest BCUT2D eigenvalue weighted by Crippen LogP contribution is 2.19. The highest BCUT2D eigenvalue weighted by molar-refractivity contribution is 7.98. The van der Waals surface area contributed by atoms with Crippen LogP contribution in [0.3, 0.4) is 0 Å². The number of rotatable bonds is 10. The van der Waals surface area contributed by atoms with Crippen LogP contribution in [-0.4, -0.2) is 48.8 Å². The van der Waals surface area contributed by atoms with Crippen molar-refractivity contribution >= 4 is 17.7 Å². The normalized spacial score (nSPS) is 13.0. The third kappa shape index (κ3) is 8.45. The Labute approximate surface area is 150 Å². The molecular weight excluding hydrogens is 322 g/mol. The van der Waals surface area contributed by atoms with Gasteiger partial charge in [-0.3, -0.25) is 4.99 Å². The second-order valence-electron chi connectivity index (χ2n) is 5.74. The molecule has 0 fully saturated rings. The fraction of sp³-hybridized carbons (Fsp3) is 0.611. The first-order valence-corrected chi connectivity index (χ1v) is 9.92. The Morgan fingerprint density at radius 3 is 2.54 bits per heavy atom. The summed E-state index contributed by atoms with van der Waals surface area (Å²) < 4.78 is 5.61. The molecule has 1 rings (SSSR count). The lowest BCUT2D eigenvalue weighted by Crippen LogP contribution is -2.38. The van der Waals surface area contributed by atoms with E-state index in [0.29, 0.717) is 6.54 Å². The lowest BCUT2D eigenvalue weighted by molar-refractivity contribution is 0.186. The van der Waals surface area contributed by atoms with Crippen molar-refractivity contribution in [2.24, 2.45) is 4.99 Å². The number of hydrogen-bond acceptors (Lipinski definition) is 4. The van der Waals surface area contributed by atoms with Crippen LogP contribution in [0.5, 0.6) is 5.75 Å². The largest absolute Gasteiger partial charge is 0.491 e. The summed E-state index contributed by atoms with van der Waals surface area (Å²) in [7, 11) is 0. The van der Waals surface area contributed by atoms with Crippen molar-refractivity contribution in [1.29, 1.82) is 0 Å². The quantitative estimate of drug-likeness (QED) is 0.343. The van der Waals surface area contributed by atoms with E-state index >= 15 is 0 Å². The molecule has 24 heavy (non-hydrogen) atoms. The molecule has 0 heterocycles. The first-order chi connectivity index (χ1) is 11.6. The molecule has 0 amide bonds. The summed E-state index contributed by atoms with van der Waals surface area (Å²) >= 11 is 1.84. The van der Waals surface area contributed by atoms with Crippen LogP contribution in [0.4, 0.5) is 0 Å². The van der Waals surface area contributed by atoms with E-state index < -0.39 is 6.10 Å². The van der Waals surface area contributed by atoms with Crippen LogP contribution >= 0.6 is 11.8 Å². The molecule has 5 nitrogen and oxygen atoms in total. The number of nitrogens with one attached hydrogen (secondary N) is 2. The number of aliphatic hydroxyl groups excluding tert-OH is 1. The van der Waals surface area contributed by atoms with Gasteiger partial charge in [0.05, 0.1) is 18.8 Å². The lowest BCUT2D eigenvalue weighted by Gasteiger charge is -2.14. The summed E-state index contributed by atoms with van der Waals surface area (Å²) in [6.45, 7) is 8.01. The molecule has 0 saturated heterocycles. The Kier molecular flexibility index (Phi) is 10.4. The van der Waals surface area contributed by atoms with Crippen LogP contribution in [0.25, 0.3) is 0 Å². The molecule has 1 unspecified atom stereocenters. The predicted octanol–water partition coefficient (Wildman–Crippen LogP) is 2.82. The van der Waals surface area contributed by atoms with Gasteiger partial charge in [0.2, 0.25) is 0 Å². The summed E-state index contributed by atoms with van der Waals surface area (Å²) in [6.07, 6.45) is 2.71. The number of thioether (sulfide) groups is 1. The lowest BCUT2D eigenvalue weighted by atomic mass is 10.1. The Hall–Kier alpha value is -1.40. The minimum atomic E-state index is -0.625. The third-order valence-electron chi connectivity index (χ3n) is 3.22. The van der Waals surface area contributed by atoms with Crippen molar-refractivity contribution < 1.29 is 9.84 Å². The highest BCUT2D eigenvalue weighted by Gasteiger charge is 2.08. The minimum absolute atomic E-state index is 0.144. The maximum Gasteiger partial charge on any atom is 0.191 e. The molecule has 0 aliphatic heterocycles. The number of guanidine groups is 1. The van der Waals surface area contributed by atoms with E-state index in [-0.39, 0.29) is 6.10 Å². The maximum atomic E-state index is 10.3. The van der Waals surface area contributed by atoms with Gasteiger partial charge in [-0.2, -0.15) is 11.8 Å². The fourth-order valence-corrected chi connectivity index (χ4v) is 2.52. The molecule has 136 valence electrons. The van der Waals surface area contributed by atoms with Gasteiger partial charge in [0.1, 0.15) is 5.75 Å².